The zero-order valence-corrected chi connectivity index (χ0v) is 12.1. The maximum atomic E-state index is 11.9. The number of amides is 1. The third-order valence-electron chi connectivity index (χ3n) is 2.04. The SMILES string of the molecule is N#Cc1cc(N)c(OCC(=O)NCC(F)(F)F)c(I)c1. The van der Waals surface area contributed by atoms with E-state index in [-0.39, 0.29) is 11.4 Å². The first kappa shape index (κ1) is 16.4. The van der Waals surface area contributed by atoms with Crippen LogP contribution in [0.15, 0.2) is 12.1 Å². The van der Waals surface area contributed by atoms with Crippen molar-refractivity contribution in [1.82, 2.24) is 5.32 Å². The van der Waals surface area contributed by atoms with Gasteiger partial charge < -0.3 is 15.8 Å². The van der Waals surface area contributed by atoms with Crippen LogP contribution in [0, 0.1) is 14.9 Å². The lowest BCUT2D eigenvalue weighted by Crippen LogP contribution is -2.36. The number of nitriles is 1. The molecule has 108 valence electrons. The summed E-state index contributed by atoms with van der Waals surface area (Å²) >= 11 is 1.85. The van der Waals surface area contributed by atoms with E-state index in [0.717, 1.165) is 0 Å². The lowest BCUT2D eigenvalue weighted by Gasteiger charge is -2.12. The summed E-state index contributed by atoms with van der Waals surface area (Å²) in [5.41, 5.74) is 6.09. The fourth-order valence-electron chi connectivity index (χ4n) is 1.22. The molecule has 1 rings (SSSR count). The van der Waals surface area contributed by atoms with Gasteiger partial charge in [0, 0.05) is 0 Å². The van der Waals surface area contributed by atoms with Gasteiger partial charge >= 0.3 is 6.18 Å². The van der Waals surface area contributed by atoms with Crippen LogP contribution in [0.4, 0.5) is 18.9 Å². The number of hydrogen-bond donors (Lipinski definition) is 2. The predicted octanol–water partition coefficient (Wildman–Crippen LogP) is 1.80. The van der Waals surface area contributed by atoms with Gasteiger partial charge in [0.25, 0.3) is 5.91 Å². The van der Waals surface area contributed by atoms with Crippen molar-refractivity contribution in [2.45, 2.75) is 6.18 Å². The Hall–Kier alpha value is -1.70. The largest absolute Gasteiger partial charge is 0.480 e. The summed E-state index contributed by atoms with van der Waals surface area (Å²) in [4.78, 5) is 11.2. The van der Waals surface area contributed by atoms with Gasteiger partial charge in [-0.1, -0.05) is 0 Å². The van der Waals surface area contributed by atoms with Crippen molar-refractivity contribution < 1.29 is 22.7 Å². The van der Waals surface area contributed by atoms with Gasteiger partial charge in [-0.25, -0.2) is 0 Å². The maximum Gasteiger partial charge on any atom is 0.405 e. The minimum atomic E-state index is -4.47. The van der Waals surface area contributed by atoms with Crippen molar-refractivity contribution >= 4 is 34.2 Å². The summed E-state index contributed by atoms with van der Waals surface area (Å²) in [6.45, 7) is -2.02. The van der Waals surface area contributed by atoms with E-state index < -0.39 is 25.2 Å². The van der Waals surface area contributed by atoms with E-state index in [9.17, 15) is 18.0 Å². The molecule has 0 saturated carbocycles. The highest BCUT2D eigenvalue weighted by molar-refractivity contribution is 14.1. The van der Waals surface area contributed by atoms with Crippen molar-refractivity contribution in [3.63, 3.8) is 0 Å². The molecule has 0 aromatic heterocycles. The van der Waals surface area contributed by atoms with Gasteiger partial charge in [0.1, 0.15) is 6.54 Å². The first-order valence-electron chi connectivity index (χ1n) is 5.18. The number of halogens is 4. The summed E-state index contributed by atoms with van der Waals surface area (Å²) in [6, 6.07) is 4.73. The Morgan fingerprint density at radius 1 is 1.50 bits per heavy atom. The molecule has 9 heteroatoms. The third-order valence-corrected chi connectivity index (χ3v) is 2.84. The Balaban J connectivity index is 2.63. The number of carbonyl (C=O) groups is 1. The maximum absolute atomic E-state index is 11.9. The molecule has 0 aliphatic heterocycles. The number of carbonyl (C=O) groups excluding carboxylic acids is 1. The Morgan fingerprint density at radius 3 is 2.65 bits per heavy atom. The molecule has 1 aromatic rings. The number of benzene rings is 1. The van der Waals surface area contributed by atoms with Crippen molar-refractivity contribution in [2.24, 2.45) is 0 Å². The Labute approximate surface area is 126 Å². The number of rotatable bonds is 4. The van der Waals surface area contributed by atoms with Gasteiger partial charge in [0.05, 0.1) is 20.9 Å². The highest BCUT2D eigenvalue weighted by Crippen LogP contribution is 2.29. The molecule has 0 unspecified atom stereocenters. The first-order chi connectivity index (χ1) is 9.23. The smallest absolute Gasteiger partial charge is 0.405 e. The minimum absolute atomic E-state index is 0.136. The number of nitrogen functional groups attached to an aromatic ring is 1. The van der Waals surface area contributed by atoms with Crippen LogP contribution in [0.25, 0.3) is 0 Å². The average Bonchev–Trinajstić information content (AvgIpc) is 2.34. The van der Waals surface area contributed by atoms with E-state index >= 15 is 0 Å². The van der Waals surface area contributed by atoms with Crippen molar-refractivity contribution in [2.75, 3.05) is 18.9 Å². The van der Waals surface area contributed by atoms with Crippen LogP contribution < -0.4 is 15.8 Å². The van der Waals surface area contributed by atoms with Crippen LogP contribution in [0.5, 0.6) is 5.75 Å². The van der Waals surface area contributed by atoms with Crippen molar-refractivity contribution in [3.8, 4) is 11.8 Å². The van der Waals surface area contributed by atoms with Crippen LogP contribution in [0.2, 0.25) is 0 Å². The Morgan fingerprint density at radius 2 is 2.15 bits per heavy atom. The van der Waals surface area contributed by atoms with E-state index in [1.165, 1.54) is 12.1 Å². The number of hydrogen-bond acceptors (Lipinski definition) is 4. The summed E-state index contributed by atoms with van der Waals surface area (Å²) < 4.78 is 41.2. The van der Waals surface area contributed by atoms with Crippen molar-refractivity contribution in [3.05, 3.63) is 21.3 Å². The number of nitrogens with two attached hydrogens (primary N) is 1. The molecule has 0 heterocycles. The molecule has 0 aliphatic rings. The Bertz CT molecular complexity index is 532. The summed E-state index contributed by atoms with van der Waals surface area (Å²) in [5.74, 6) is -0.756. The molecule has 0 bridgehead atoms. The van der Waals surface area contributed by atoms with E-state index in [2.05, 4.69) is 0 Å². The lowest BCUT2D eigenvalue weighted by molar-refractivity contribution is -0.139. The summed E-state index contributed by atoms with van der Waals surface area (Å²) in [7, 11) is 0. The molecule has 0 saturated heterocycles. The van der Waals surface area contributed by atoms with E-state index in [4.69, 9.17) is 15.7 Å². The second-order valence-corrected chi connectivity index (χ2v) is 4.83. The fourth-order valence-corrected chi connectivity index (χ4v) is 2.02. The van der Waals surface area contributed by atoms with Crippen molar-refractivity contribution in [1.29, 1.82) is 5.26 Å². The molecule has 3 N–H and O–H groups in total. The Kier molecular flexibility index (Phi) is 5.43. The van der Waals surface area contributed by atoms with E-state index in [1.807, 2.05) is 28.7 Å². The molecular weight excluding hydrogens is 390 g/mol. The molecule has 0 aliphatic carbocycles. The number of alkyl halides is 3. The van der Waals surface area contributed by atoms with Crippen LogP contribution in [0.3, 0.4) is 0 Å². The predicted molar refractivity (Wildman–Crippen MR) is 72.8 cm³/mol. The fraction of sp³-hybridized carbons (Fsp3) is 0.273. The van der Waals surface area contributed by atoms with Gasteiger partial charge in [0.15, 0.2) is 12.4 Å². The molecule has 5 nitrogen and oxygen atoms in total. The van der Waals surface area contributed by atoms with Gasteiger partial charge in [-0.3, -0.25) is 4.79 Å². The third kappa shape index (κ3) is 5.12. The molecule has 1 amide bonds. The average molecular weight is 399 g/mol. The number of nitrogens with zero attached hydrogens (tertiary/aromatic N) is 1. The van der Waals surface area contributed by atoms with Crippen LogP contribution in [0.1, 0.15) is 5.56 Å². The van der Waals surface area contributed by atoms with Gasteiger partial charge in [-0.15, -0.1) is 0 Å². The molecule has 0 spiro atoms. The number of anilines is 1. The van der Waals surface area contributed by atoms with E-state index in [0.29, 0.717) is 9.13 Å². The standard InChI is InChI=1S/C11H9F3IN3O2/c12-11(13,14)5-18-9(19)4-20-10-7(15)1-6(3-16)2-8(10)17/h1-2H,4-5,17H2,(H,18,19). The second-order valence-electron chi connectivity index (χ2n) is 3.67. The van der Waals surface area contributed by atoms with Crippen LogP contribution >= 0.6 is 22.6 Å². The molecule has 0 radical (unpaired) electrons. The molecule has 0 fully saturated rings. The summed E-state index contributed by atoms with van der Waals surface area (Å²) in [6.07, 6.45) is -4.47. The zero-order valence-electron chi connectivity index (χ0n) is 9.92. The molecular formula is C11H9F3IN3O2. The van der Waals surface area contributed by atoms with Gasteiger partial charge in [-0.05, 0) is 34.7 Å². The zero-order chi connectivity index (χ0) is 15.3. The topological polar surface area (TPSA) is 88.1 Å². The quantitative estimate of drug-likeness (QED) is 0.597. The lowest BCUT2D eigenvalue weighted by atomic mass is 10.2. The minimum Gasteiger partial charge on any atom is -0.480 e. The molecule has 0 atom stereocenters. The highest BCUT2D eigenvalue weighted by atomic mass is 127. The number of nitrogens with one attached hydrogen (secondary N) is 1. The first-order valence-corrected chi connectivity index (χ1v) is 6.26. The molecule has 20 heavy (non-hydrogen) atoms. The van der Waals surface area contributed by atoms with Gasteiger partial charge in [-0.2, -0.15) is 18.4 Å². The second kappa shape index (κ2) is 6.65. The highest BCUT2D eigenvalue weighted by Gasteiger charge is 2.27. The van der Waals surface area contributed by atoms with Crippen LogP contribution in [-0.4, -0.2) is 25.2 Å². The van der Waals surface area contributed by atoms with Crippen LogP contribution in [-0.2, 0) is 4.79 Å². The van der Waals surface area contributed by atoms with Gasteiger partial charge in [0.2, 0.25) is 0 Å². The molecule has 1 aromatic carbocycles. The normalized spacial score (nSPS) is 10.8. The van der Waals surface area contributed by atoms with E-state index in [1.54, 1.807) is 5.32 Å². The summed E-state index contributed by atoms with van der Waals surface area (Å²) in [5, 5.41) is 10.4. The number of ether oxygens (including phenoxy) is 1. The monoisotopic (exact) mass is 399 g/mol.